The molecule has 2 aliphatic rings. The van der Waals surface area contributed by atoms with E-state index in [2.05, 4.69) is 42.3 Å². The summed E-state index contributed by atoms with van der Waals surface area (Å²) in [5, 5.41) is 0. The molecule has 154 valence electrons. The molecule has 0 N–H and O–H groups in total. The van der Waals surface area contributed by atoms with Gasteiger partial charge in [-0.1, -0.05) is 30.3 Å². The minimum Gasteiger partial charge on any atom is -0.444 e. The van der Waals surface area contributed by atoms with Crippen LogP contribution >= 0.6 is 0 Å². The molecule has 1 saturated heterocycles. The maximum atomic E-state index is 12.1. The predicted octanol–water partition coefficient (Wildman–Crippen LogP) is 4.32. The van der Waals surface area contributed by atoms with E-state index >= 15 is 0 Å². The molecule has 1 fully saturated rings. The quantitative estimate of drug-likeness (QED) is 0.773. The van der Waals surface area contributed by atoms with E-state index in [9.17, 15) is 4.79 Å². The average Bonchev–Trinajstić information content (AvgIpc) is 2.66. The minimum absolute atomic E-state index is 0.204. The van der Waals surface area contributed by atoms with Crippen molar-refractivity contribution in [3.05, 3.63) is 41.5 Å². The number of hydrogen-bond donors (Lipinski definition) is 0. The molecular weight excluding hydrogens is 352 g/mol. The smallest absolute Gasteiger partial charge is 0.410 e. The van der Waals surface area contributed by atoms with Crippen LogP contribution in [0, 0.1) is 0 Å². The molecule has 0 saturated carbocycles. The number of carbonyl (C=O) groups is 1. The van der Waals surface area contributed by atoms with Crippen molar-refractivity contribution < 1.29 is 14.3 Å². The fourth-order valence-corrected chi connectivity index (χ4v) is 3.59. The van der Waals surface area contributed by atoms with E-state index in [-0.39, 0.29) is 12.2 Å². The fourth-order valence-electron chi connectivity index (χ4n) is 3.59. The van der Waals surface area contributed by atoms with Crippen LogP contribution in [0.5, 0.6) is 0 Å². The molecule has 0 aliphatic carbocycles. The largest absolute Gasteiger partial charge is 0.444 e. The molecule has 0 spiro atoms. The first-order valence-corrected chi connectivity index (χ1v) is 10.4. The molecule has 28 heavy (non-hydrogen) atoms. The van der Waals surface area contributed by atoms with Gasteiger partial charge in [0.15, 0.2) is 0 Å². The summed E-state index contributed by atoms with van der Waals surface area (Å²) in [6.07, 6.45) is 5.14. The number of likely N-dealkylation sites (N-methyl/N-ethyl adjacent to an activating group) is 1. The third-order valence-electron chi connectivity index (χ3n) is 5.32. The van der Waals surface area contributed by atoms with Crippen molar-refractivity contribution in [3.63, 3.8) is 0 Å². The Labute approximate surface area is 169 Å². The zero-order valence-corrected chi connectivity index (χ0v) is 17.7. The Morgan fingerprint density at radius 1 is 1.11 bits per heavy atom. The van der Waals surface area contributed by atoms with E-state index in [1.54, 1.807) is 4.90 Å². The molecule has 1 amide bonds. The average molecular weight is 387 g/mol. The third-order valence-corrected chi connectivity index (χ3v) is 5.32. The SMILES string of the molecule is CN1CC=C(c2ccc(COC3CCN(C(=O)OC(C)(C)C)CC3)cc2)CC1. The van der Waals surface area contributed by atoms with Gasteiger partial charge in [-0.05, 0) is 63.8 Å². The maximum Gasteiger partial charge on any atom is 0.410 e. The maximum absolute atomic E-state index is 12.1. The van der Waals surface area contributed by atoms with Gasteiger partial charge in [0, 0.05) is 26.2 Å². The summed E-state index contributed by atoms with van der Waals surface area (Å²) in [5.41, 5.74) is 3.52. The van der Waals surface area contributed by atoms with Crippen LogP contribution in [0.3, 0.4) is 0 Å². The molecule has 0 atom stereocenters. The Bertz CT molecular complexity index is 683. The Balaban J connectivity index is 1.42. The summed E-state index contributed by atoms with van der Waals surface area (Å²) in [4.78, 5) is 16.3. The number of hydrogen-bond acceptors (Lipinski definition) is 4. The van der Waals surface area contributed by atoms with Crippen molar-refractivity contribution in [2.75, 3.05) is 33.2 Å². The third kappa shape index (κ3) is 6.08. The van der Waals surface area contributed by atoms with Gasteiger partial charge in [-0.25, -0.2) is 4.79 Å². The van der Waals surface area contributed by atoms with Gasteiger partial charge in [0.2, 0.25) is 0 Å². The molecule has 5 nitrogen and oxygen atoms in total. The van der Waals surface area contributed by atoms with Gasteiger partial charge in [0.25, 0.3) is 0 Å². The lowest BCUT2D eigenvalue weighted by Crippen LogP contribution is -2.43. The van der Waals surface area contributed by atoms with Gasteiger partial charge < -0.3 is 19.3 Å². The van der Waals surface area contributed by atoms with E-state index in [0.29, 0.717) is 19.7 Å². The van der Waals surface area contributed by atoms with Crippen LogP contribution in [0.2, 0.25) is 0 Å². The second-order valence-corrected chi connectivity index (χ2v) is 8.92. The van der Waals surface area contributed by atoms with Gasteiger partial charge in [0.05, 0.1) is 12.7 Å². The highest BCUT2D eigenvalue weighted by Crippen LogP contribution is 2.23. The van der Waals surface area contributed by atoms with Crippen LogP contribution in [-0.4, -0.2) is 60.8 Å². The number of amides is 1. The minimum atomic E-state index is -0.444. The van der Waals surface area contributed by atoms with Crippen molar-refractivity contribution in [2.24, 2.45) is 0 Å². The van der Waals surface area contributed by atoms with E-state index < -0.39 is 5.60 Å². The first kappa shape index (κ1) is 20.9. The Morgan fingerprint density at radius 3 is 2.36 bits per heavy atom. The second kappa shape index (κ2) is 9.10. The standard InChI is InChI=1S/C23H34N2O3/c1-23(2,3)28-22(26)25-15-11-21(12-16-25)27-17-18-5-7-19(8-6-18)20-9-13-24(4)14-10-20/h5-9,21H,10-17H2,1-4H3. The highest BCUT2D eigenvalue weighted by Gasteiger charge is 2.27. The summed E-state index contributed by atoms with van der Waals surface area (Å²) in [5.74, 6) is 0. The van der Waals surface area contributed by atoms with Crippen molar-refractivity contribution in [1.82, 2.24) is 9.80 Å². The van der Waals surface area contributed by atoms with E-state index in [0.717, 1.165) is 32.4 Å². The molecule has 1 aromatic carbocycles. The molecule has 5 heteroatoms. The normalized spacial score (nSPS) is 19.4. The zero-order chi connectivity index (χ0) is 20.1. The number of nitrogens with zero attached hydrogens (tertiary/aromatic N) is 2. The first-order valence-electron chi connectivity index (χ1n) is 10.4. The van der Waals surface area contributed by atoms with E-state index in [1.165, 1.54) is 16.7 Å². The van der Waals surface area contributed by atoms with Crippen molar-refractivity contribution in [2.45, 2.75) is 58.3 Å². The Morgan fingerprint density at radius 2 is 1.79 bits per heavy atom. The number of likely N-dealkylation sites (tertiary alicyclic amines) is 1. The van der Waals surface area contributed by atoms with Gasteiger partial charge in [-0.2, -0.15) is 0 Å². The molecule has 0 unspecified atom stereocenters. The number of ether oxygens (including phenoxy) is 2. The first-order chi connectivity index (χ1) is 13.3. The van der Waals surface area contributed by atoms with E-state index in [1.807, 2.05) is 20.8 Å². The highest BCUT2D eigenvalue weighted by atomic mass is 16.6. The Hall–Kier alpha value is -1.85. The summed E-state index contributed by atoms with van der Waals surface area (Å²) >= 11 is 0. The van der Waals surface area contributed by atoms with Gasteiger partial charge in [-0.15, -0.1) is 0 Å². The number of carbonyl (C=O) groups excluding carboxylic acids is 1. The van der Waals surface area contributed by atoms with Crippen molar-refractivity contribution in [3.8, 4) is 0 Å². The Kier molecular flexibility index (Phi) is 6.78. The molecule has 2 aliphatic heterocycles. The summed E-state index contributed by atoms with van der Waals surface area (Å²) in [6.45, 7) is 9.86. The molecule has 0 bridgehead atoms. The fraction of sp³-hybridized carbons (Fsp3) is 0.609. The lowest BCUT2D eigenvalue weighted by atomic mass is 9.99. The number of benzene rings is 1. The van der Waals surface area contributed by atoms with Crippen LogP contribution < -0.4 is 0 Å². The van der Waals surface area contributed by atoms with Crippen molar-refractivity contribution >= 4 is 11.7 Å². The van der Waals surface area contributed by atoms with Crippen molar-refractivity contribution in [1.29, 1.82) is 0 Å². The van der Waals surface area contributed by atoms with Crippen LogP contribution in [0.25, 0.3) is 5.57 Å². The molecule has 0 radical (unpaired) electrons. The zero-order valence-electron chi connectivity index (χ0n) is 17.7. The summed E-state index contributed by atoms with van der Waals surface area (Å²) in [6, 6.07) is 8.76. The lowest BCUT2D eigenvalue weighted by Gasteiger charge is -2.33. The predicted molar refractivity (Wildman–Crippen MR) is 112 cm³/mol. The summed E-state index contributed by atoms with van der Waals surface area (Å²) < 4.78 is 11.5. The second-order valence-electron chi connectivity index (χ2n) is 8.92. The number of piperidine rings is 1. The van der Waals surface area contributed by atoms with Gasteiger partial charge in [0.1, 0.15) is 5.60 Å². The highest BCUT2D eigenvalue weighted by molar-refractivity contribution is 5.68. The molecule has 1 aromatic rings. The topological polar surface area (TPSA) is 42.0 Å². The van der Waals surface area contributed by atoms with E-state index in [4.69, 9.17) is 9.47 Å². The molecule has 0 aromatic heterocycles. The van der Waals surface area contributed by atoms with Gasteiger partial charge in [-0.3, -0.25) is 0 Å². The molecular formula is C23H34N2O3. The lowest BCUT2D eigenvalue weighted by molar-refractivity contribution is -0.0170. The van der Waals surface area contributed by atoms with Crippen LogP contribution in [0.1, 0.15) is 51.2 Å². The monoisotopic (exact) mass is 386 g/mol. The van der Waals surface area contributed by atoms with Gasteiger partial charge >= 0.3 is 6.09 Å². The molecule has 2 heterocycles. The summed E-state index contributed by atoms with van der Waals surface area (Å²) in [7, 11) is 2.16. The number of rotatable bonds is 4. The van der Waals surface area contributed by atoms with Crippen LogP contribution in [-0.2, 0) is 16.1 Å². The molecule has 3 rings (SSSR count). The van der Waals surface area contributed by atoms with Crippen LogP contribution in [0.15, 0.2) is 30.3 Å². The van der Waals surface area contributed by atoms with Crippen LogP contribution in [0.4, 0.5) is 4.79 Å².